The number of carbonyl (C=O) groups excluding carboxylic acids is 2. The average Bonchev–Trinajstić information content (AvgIpc) is 2.74. The highest BCUT2D eigenvalue weighted by Crippen LogP contribution is 2.32. The number of aromatic nitrogens is 2. The average molecular weight is 455 g/mol. The van der Waals surface area contributed by atoms with Gasteiger partial charge in [0.1, 0.15) is 5.82 Å². The van der Waals surface area contributed by atoms with E-state index >= 15 is 0 Å². The van der Waals surface area contributed by atoms with Crippen molar-refractivity contribution in [3.63, 3.8) is 0 Å². The van der Waals surface area contributed by atoms with Crippen LogP contribution < -0.4 is 16.0 Å². The number of primary amides is 1. The van der Waals surface area contributed by atoms with Gasteiger partial charge in [0.05, 0.1) is 28.5 Å². The smallest absolute Gasteiger partial charge is 0.271 e. The number of nitrogens with zero attached hydrogens (tertiary/aromatic N) is 4. The van der Waals surface area contributed by atoms with Crippen molar-refractivity contribution in [1.82, 2.24) is 15.1 Å². The Bertz CT molecular complexity index is 1170. The molecular formula is C22H20ClFN6O2. The van der Waals surface area contributed by atoms with E-state index in [9.17, 15) is 14.0 Å². The second-order valence-corrected chi connectivity index (χ2v) is 7.82. The first-order valence-electron chi connectivity index (χ1n) is 9.81. The van der Waals surface area contributed by atoms with Crippen LogP contribution in [0.15, 0.2) is 48.5 Å². The number of piperazine rings is 1. The lowest BCUT2D eigenvalue weighted by Gasteiger charge is -2.32. The molecular weight excluding hydrogens is 435 g/mol. The van der Waals surface area contributed by atoms with Gasteiger partial charge in [0.25, 0.3) is 5.91 Å². The number of hydrogen-bond donors (Lipinski definition) is 2. The summed E-state index contributed by atoms with van der Waals surface area (Å²) < 4.78 is 14.3. The summed E-state index contributed by atoms with van der Waals surface area (Å²) in [6.07, 6.45) is 0. The number of halogens is 2. The molecule has 0 radical (unpaired) electrons. The molecule has 32 heavy (non-hydrogen) atoms. The van der Waals surface area contributed by atoms with Crippen molar-refractivity contribution in [2.75, 3.05) is 36.9 Å². The Morgan fingerprint density at radius 2 is 1.91 bits per heavy atom. The molecule has 1 aliphatic rings. The summed E-state index contributed by atoms with van der Waals surface area (Å²) in [5.41, 5.74) is 7.21. The van der Waals surface area contributed by atoms with Crippen LogP contribution >= 0.6 is 11.6 Å². The number of anilines is 3. The normalized spacial score (nSPS) is 14.5. The molecule has 2 aromatic carbocycles. The summed E-state index contributed by atoms with van der Waals surface area (Å²) >= 11 is 6.14. The largest absolute Gasteiger partial charge is 0.364 e. The second kappa shape index (κ2) is 8.89. The van der Waals surface area contributed by atoms with E-state index in [1.807, 2.05) is 11.9 Å². The van der Waals surface area contributed by atoms with Crippen LogP contribution in [0.4, 0.5) is 21.5 Å². The van der Waals surface area contributed by atoms with Crippen LogP contribution in [-0.4, -0.2) is 53.6 Å². The van der Waals surface area contributed by atoms with Crippen LogP contribution in [-0.2, 0) is 4.79 Å². The van der Waals surface area contributed by atoms with E-state index < -0.39 is 11.7 Å². The topological polar surface area (TPSA) is 104 Å². The SMILES string of the molecule is CN1CCN(c2ccc(Nc3cc(-c4c(F)cccc4Cl)nnc3C(N)=O)cc2)C(=O)C1. The number of benzene rings is 2. The van der Waals surface area contributed by atoms with Crippen molar-refractivity contribution in [1.29, 1.82) is 0 Å². The number of amides is 2. The van der Waals surface area contributed by atoms with Crippen LogP contribution in [0.3, 0.4) is 0 Å². The van der Waals surface area contributed by atoms with Gasteiger partial charge < -0.3 is 16.0 Å². The third-order valence-electron chi connectivity index (χ3n) is 5.12. The molecule has 0 saturated carbocycles. The van der Waals surface area contributed by atoms with Crippen molar-refractivity contribution in [2.24, 2.45) is 5.73 Å². The molecule has 4 rings (SSSR count). The van der Waals surface area contributed by atoms with Crippen molar-refractivity contribution in [3.05, 3.63) is 65.1 Å². The van der Waals surface area contributed by atoms with Crippen LogP contribution in [0, 0.1) is 5.82 Å². The molecule has 0 aliphatic carbocycles. The van der Waals surface area contributed by atoms with Crippen LogP contribution in [0.5, 0.6) is 0 Å². The number of likely N-dealkylation sites (N-methyl/N-ethyl adjacent to an activating group) is 1. The van der Waals surface area contributed by atoms with Gasteiger partial charge in [-0.25, -0.2) is 4.39 Å². The molecule has 2 amide bonds. The maximum atomic E-state index is 14.3. The Kier molecular flexibility index (Phi) is 6.02. The van der Waals surface area contributed by atoms with Gasteiger partial charge >= 0.3 is 0 Å². The molecule has 1 fully saturated rings. The minimum Gasteiger partial charge on any atom is -0.364 e. The van der Waals surface area contributed by atoms with Gasteiger partial charge in [-0.1, -0.05) is 17.7 Å². The van der Waals surface area contributed by atoms with Crippen molar-refractivity contribution >= 4 is 40.5 Å². The predicted molar refractivity (Wildman–Crippen MR) is 121 cm³/mol. The number of nitrogens with one attached hydrogen (secondary N) is 1. The summed E-state index contributed by atoms with van der Waals surface area (Å²) in [4.78, 5) is 27.8. The molecule has 0 spiro atoms. The summed E-state index contributed by atoms with van der Waals surface area (Å²) in [7, 11) is 1.91. The van der Waals surface area contributed by atoms with E-state index in [2.05, 4.69) is 15.5 Å². The van der Waals surface area contributed by atoms with Crippen molar-refractivity contribution in [3.8, 4) is 11.3 Å². The van der Waals surface area contributed by atoms with E-state index in [1.165, 1.54) is 24.3 Å². The lowest BCUT2D eigenvalue weighted by molar-refractivity contribution is -0.120. The zero-order valence-electron chi connectivity index (χ0n) is 17.2. The standard InChI is InChI=1S/C22H20ClFN6O2/c1-29-9-10-30(19(31)12-29)14-7-5-13(6-8-14)26-18-11-17(27-28-21(18)22(25)32)20-15(23)3-2-4-16(20)24/h2-8,11H,9-10,12H2,1H3,(H2,25,32)(H,26,27). The lowest BCUT2D eigenvalue weighted by Crippen LogP contribution is -2.48. The fraction of sp³-hybridized carbons (Fsp3) is 0.182. The van der Waals surface area contributed by atoms with Crippen molar-refractivity contribution < 1.29 is 14.0 Å². The van der Waals surface area contributed by atoms with Crippen LogP contribution in [0.25, 0.3) is 11.3 Å². The van der Waals surface area contributed by atoms with Gasteiger partial charge in [-0.15, -0.1) is 10.2 Å². The van der Waals surface area contributed by atoms with Gasteiger partial charge in [-0.05, 0) is 49.5 Å². The Balaban J connectivity index is 1.63. The molecule has 1 aliphatic heterocycles. The summed E-state index contributed by atoms with van der Waals surface area (Å²) in [5, 5.41) is 11.0. The van der Waals surface area contributed by atoms with E-state index in [-0.39, 0.29) is 33.6 Å². The molecule has 0 unspecified atom stereocenters. The molecule has 164 valence electrons. The molecule has 3 N–H and O–H groups in total. The second-order valence-electron chi connectivity index (χ2n) is 7.41. The predicted octanol–water partition coefficient (Wildman–Crippen LogP) is 3.06. The Labute approximate surface area is 188 Å². The van der Waals surface area contributed by atoms with Gasteiger partial charge in [0.2, 0.25) is 5.91 Å². The maximum absolute atomic E-state index is 14.3. The lowest BCUT2D eigenvalue weighted by atomic mass is 10.1. The molecule has 3 aromatic rings. The quantitative estimate of drug-likeness (QED) is 0.614. The third kappa shape index (κ3) is 4.39. The maximum Gasteiger partial charge on any atom is 0.271 e. The molecule has 0 atom stereocenters. The van der Waals surface area contributed by atoms with E-state index in [1.54, 1.807) is 29.2 Å². The fourth-order valence-electron chi connectivity index (χ4n) is 3.48. The van der Waals surface area contributed by atoms with Gasteiger partial charge in [0, 0.05) is 24.5 Å². The first kappa shape index (κ1) is 21.7. The molecule has 10 heteroatoms. The summed E-state index contributed by atoms with van der Waals surface area (Å²) in [5.74, 6) is -1.32. The summed E-state index contributed by atoms with van der Waals surface area (Å²) in [6, 6.07) is 12.9. The fourth-order valence-corrected chi connectivity index (χ4v) is 3.74. The highest BCUT2D eigenvalue weighted by molar-refractivity contribution is 6.33. The minimum absolute atomic E-state index is 0.0280. The Hall–Kier alpha value is -3.56. The monoisotopic (exact) mass is 454 g/mol. The highest BCUT2D eigenvalue weighted by atomic mass is 35.5. The van der Waals surface area contributed by atoms with E-state index in [0.29, 0.717) is 18.8 Å². The van der Waals surface area contributed by atoms with Crippen LogP contribution in [0.1, 0.15) is 10.5 Å². The van der Waals surface area contributed by atoms with E-state index in [4.69, 9.17) is 17.3 Å². The third-order valence-corrected chi connectivity index (χ3v) is 5.43. The zero-order chi connectivity index (χ0) is 22.8. The molecule has 1 saturated heterocycles. The highest BCUT2D eigenvalue weighted by Gasteiger charge is 2.23. The zero-order valence-corrected chi connectivity index (χ0v) is 17.9. The van der Waals surface area contributed by atoms with Gasteiger partial charge in [-0.2, -0.15) is 0 Å². The number of nitrogens with two attached hydrogens (primary N) is 1. The van der Waals surface area contributed by atoms with Gasteiger partial charge in [0.15, 0.2) is 5.69 Å². The van der Waals surface area contributed by atoms with Crippen molar-refractivity contribution in [2.45, 2.75) is 0 Å². The first-order chi connectivity index (χ1) is 15.3. The molecule has 1 aromatic heterocycles. The first-order valence-corrected chi connectivity index (χ1v) is 10.2. The minimum atomic E-state index is -0.786. The number of hydrogen-bond acceptors (Lipinski definition) is 6. The van der Waals surface area contributed by atoms with Gasteiger partial charge in [-0.3, -0.25) is 14.5 Å². The van der Waals surface area contributed by atoms with E-state index in [0.717, 1.165) is 12.2 Å². The molecule has 0 bridgehead atoms. The molecule has 2 heterocycles. The Morgan fingerprint density at radius 1 is 1.16 bits per heavy atom. The number of carbonyl (C=O) groups is 2. The molecule has 8 nitrogen and oxygen atoms in total. The summed E-state index contributed by atoms with van der Waals surface area (Å²) in [6.45, 7) is 1.76. The Morgan fingerprint density at radius 3 is 2.56 bits per heavy atom. The number of rotatable bonds is 5. The van der Waals surface area contributed by atoms with Crippen LogP contribution in [0.2, 0.25) is 5.02 Å².